The topological polar surface area (TPSA) is 58.1 Å². The van der Waals surface area contributed by atoms with Gasteiger partial charge in [-0.1, -0.05) is 32.9 Å². The number of hydrogen-bond acceptors (Lipinski definition) is 4. The summed E-state index contributed by atoms with van der Waals surface area (Å²) in [6.07, 6.45) is 2.56. The third kappa shape index (κ3) is 8.98. The molecule has 1 aliphatic heterocycles. The first-order valence-electron chi connectivity index (χ1n) is 10.7. The second-order valence-electron chi connectivity index (χ2n) is 8.99. The van der Waals surface area contributed by atoms with Crippen LogP contribution in [0.3, 0.4) is 0 Å². The van der Waals surface area contributed by atoms with E-state index in [0.29, 0.717) is 5.92 Å². The largest absolute Gasteiger partial charge is 0.497 e. The smallest absolute Gasteiger partial charge is 0.191 e. The third-order valence-corrected chi connectivity index (χ3v) is 5.76. The predicted octanol–water partition coefficient (Wildman–Crippen LogP) is 3.75. The highest BCUT2D eigenvalue weighted by Gasteiger charge is 2.24. The Hall–Kier alpha value is -1.06. The number of likely N-dealkylation sites (tertiary alicyclic amines) is 1. The van der Waals surface area contributed by atoms with Crippen molar-refractivity contribution in [2.75, 3.05) is 47.4 Å². The van der Waals surface area contributed by atoms with Crippen molar-refractivity contribution in [3.8, 4) is 5.75 Å². The van der Waals surface area contributed by atoms with E-state index < -0.39 is 0 Å². The first-order chi connectivity index (χ1) is 13.9. The highest BCUT2D eigenvalue weighted by atomic mass is 127. The van der Waals surface area contributed by atoms with Crippen molar-refractivity contribution in [3.05, 3.63) is 29.8 Å². The summed E-state index contributed by atoms with van der Waals surface area (Å²) >= 11 is 0. The van der Waals surface area contributed by atoms with Crippen molar-refractivity contribution in [1.82, 2.24) is 15.5 Å². The van der Waals surface area contributed by atoms with Crippen LogP contribution in [0.2, 0.25) is 0 Å². The fraction of sp³-hybridized carbons (Fsp3) is 0.696. The number of piperidine rings is 1. The van der Waals surface area contributed by atoms with Gasteiger partial charge in [0.25, 0.3) is 0 Å². The van der Waals surface area contributed by atoms with Gasteiger partial charge in [0, 0.05) is 33.8 Å². The van der Waals surface area contributed by atoms with Crippen molar-refractivity contribution in [1.29, 1.82) is 0 Å². The van der Waals surface area contributed by atoms with Gasteiger partial charge in [-0.2, -0.15) is 0 Å². The van der Waals surface area contributed by atoms with E-state index in [-0.39, 0.29) is 35.5 Å². The number of ether oxygens (including phenoxy) is 2. The quantitative estimate of drug-likeness (QED) is 0.304. The molecule has 0 aromatic heterocycles. The van der Waals surface area contributed by atoms with Gasteiger partial charge in [-0.25, -0.2) is 0 Å². The van der Waals surface area contributed by atoms with E-state index in [1.54, 1.807) is 14.2 Å². The van der Waals surface area contributed by atoms with Crippen molar-refractivity contribution < 1.29 is 9.47 Å². The Kier molecular flexibility index (Phi) is 12.0. The Morgan fingerprint density at radius 3 is 2.27 bits per heavy atom. The standard InChI is InChI=1S/C23H40N4O2.HI/c1-23(2,3)21(29-6)16-26-22(24-4)25-15-18-11-13-27(14-12-18)17-19-7-9-20(28-5)10-8-19;/h7-10,18,21H,11-17H2,1-6H3,(H2,24,25,26);1H. The Labute approximate surface area is 200 Å². The van der Waals surface area contributed by atoms with Crippen LogP contribution >= 0.6 is 24.0 Å². The number of rotatable bonds is 8. The van der Waals surface area contributed by atoms with E-state index in [9.17, 15) is 0 Å². The van der Waals surface area contributed by atoms with Crippen LogP contribution in [-0.2, 0) is 11.3 Å². The Balaban J connectivity index is 0.00000450. The normalized spacial score (nSPS) is 17.2. The van der Waals surface area contributed by atoms with Crippen LogP contribution in [0, 0.1) is 11.3 Å². The first-order valence-corrected chi connectivity index (χ1v) is 10.7. The molecule has 172 valence electrons. The molecular formula is C23H41IN4O2. The van der Waals surface area contributed by atoms with E-state index in [1.807, 2.05) is 19.2 Å². The van der Waals surface area contributed by atoms with Crippen molar-refractivity contribution in [2.45, 2.75) is 46.3 Å². The molecule has 1 fully saturated rings. The zero-order valence-electron chi connectivity index (χ0n) is 19.5. The Morgan fingerprint density at radius 1 is 1.13 bits per heavy atom. The molecule has 30 heavy (non-hydrogen) atoms. The molecule has 1 saturated heterocycles. The molecule has 2 rings (SSSR count). The maximum atomic E-state index is 5.62. The van der Waals surface area contributed by atoms with Crippen LogP contribution in [0.25, 0.3) is 0 Å². The number of hydrogen-bond donors (Lipinski definition) is 2. The first kappa shape index (κ1) is 27.0. The van der Waals surface area contributed by atoms with Crippen LogP contribution in [0.5, 0.6) is 5.75 Å². The summed E-state index contributed by atoms with van der Waals surface area (Å²) in [5.41, 5.74) is 1.44. The fourth-order valence-corrected chi connectivity index (χ4v) is 3.73. The van der Waals surface area contributed by atoms with E-state index in [4.69, 9.17) is 9.47 Å². The fourth-order valence-electron chi connectivity index (χ4n) is 3.73. The lowest BCUT2D eigenvalue weighted by Crippen LogP contribution is -2.47. The maximum Gasteiger partial charge on any atom is 0.191 e. The Morgan fingerprint density at radius 2 is 1.77 bits per heavy atom. The van der Waals surface area contributed by atoms with Gasteiger partial charge < -0.3 is 20.1 Å². The SMILES string of the molecule is CN=C(NCC1CCN(Cc2ccc(OC)cc2)CC1)NCC(OC)C(C)(C)C.I. The average molecular weight is 533 g/mol. The van der Waals surface area contributed by atoms with Crippen molar-refractivity contribution >= 4 is 29.9 Å². The molecule has 0 amide bonds. The second-order valence-corrected chi connectivity index (χ2v) is 8.99. The predicted molar refractivity (Wildman–Crippen MR) is 136 cm³/mol. The summed E-state index contributed by atoms with van der Waals surface area (Å²) < 4.78 is 10.9. The molecule has 0 spiro atoms. The van der Waals surface area contributed by atoms with E-state index >= 15 is 0 Å². The minimum atomic E-state index is 0. The number of methoxy groups -OCH3 is 2. The van der Waals surface area contributed by atoms with Crippen LogP contribution in [0.15, 0.2) is 29.3 Å². The zero-order chi connectivity index (χ0) is 21.3. The minimum Gasteiger partial charge on any atom is -0.497 e. The summed E-state index contributed by atoms with van der Waals surface area (Å²) in [5.74, 6) is 2.46. The number of halogens is 1. The summed E-state index contributed by atoms with van der Waals surface area (Å²) in [6.45, 7) is 11.6. The summed E-state index contributed by atoms with van der Waals surface area (Å²) in [7, 11) is 5.30. The number of guanidine groups is 1. The second kappa shape index (κ2) is 13.4. The van der Waals surface area contributed by atoms with Crippen LogP contribution in [0.1, 0.15) is 39.2 Å². The van der Waals surface area contributed by atoms with Crippen LogP contribution < -0.4 is 15.4 Å². The third-order valence-electron chi connectivity index (χ3n) is 5.76. The molecule has 0 bridgehead atoms. The Bertz CT molecular complexity index is 623. The molecule has 1 aromatic rings. The molecule has 1 atom stereocenters. The van der Waals surface area contributed by atoms with Crippen molar-refractivity contribution in [3.63, 3.8) is 0 Å². The molecule has 1 aliphatic rings. The minimum absolute atomic E-state index is 0. The van der Waals surface area contributed by atoms with Gasteiger partial charge in [0.2, 0.25) is 0 Å². The van der Waals surface area contributed by atoms with Crippen LogP contribution in [0.4, 0.5) is 0 Å². The molecule has 6 nitrogen and oxygen atoms in total. The average Bonchev–Trinajstić information content (AvgIpc) is 2.71. The molecule has 1 unspecified atom stereocenters. The van der Waals surface area contributed by atoms with Gasteiger partial charge in [0.05, 0.1) is 13.2 Å². The summed E-state index contributed by atoms with van der Waals surface area (Å²) in [6, 6.07) is 8.40. The summed E-state index contributed by atoms with van der Waals surface area (Å²) in [4.78, 5) is 6.90. The maximum absolute atomic E-state index is 5.62. The molecule has 0 aliphatic carbocycles. The lowest BCUT2D eigenvalue weighted by atomic mass is 9.89. The number of nitrogens with one attached hydrogen (secondary N) is 2. The van der Waals surface area contributed by atoms with E-state index in [2.05, 4.69) is 53.4 Å². The molecule has 0 radical (unpaired) electrons. The lowest BCUT2D eigenvalue weighted by Gasteiger charge is -2.33. The van der Waals surface area contributed by atoms with Gasteiger partial charge in [-0.05, 0) is 55.0 Å². The molecule has 2 N–H and O–H groups in total. The number of aliphatic imine (C=N–C) groups is 1. The van der Waals surface area contributed by atoms with E-state index in [1.165, 1.54) is 18.4 Å². The zero-order valence-corrected chi connectivity index (χ0v) is 21.9. The highest BCUT2D eigenvalue weighted by molar-refractivity contribution is 14.0. The highest BCUT2D eigenvalue weighted by Crippen LogP contribution is 2.21. The number of benzene rings is 1. The van der Waals surface area contributed by atoms with Gasteiger partial charge in [-0.3, -0.25) is 9.89 Å². The molecule has 1 aromatic carbocycles. The van der Waals surface area contributed by atoms with E-state index in [0.717, 1.165) is 44.4 Å². The molecule has 1 heterocycles. The number of nitrogens with zero attached hydrogens (tertiary/aromatic N) is 2. The van der Waals surface area contributed by atoms with Gasteiger partial charge >= 0.3 is 0 Å². The molecule has 0 saturated carbocycles. The molecule has 7 heteroatoms. The van der Waals surface area contributed by atoms with Crippen LogP contribution in [-0.4, -0.2) is 64.4 Å². The molecular weight excluding hydrogens is 491 g/mol. The van der Waals surface area contributed by atoms with Crippen molar-refractivity contribution in [2.24, 2.45) is 16.3 Å². The summed E-state index contributed by atoms with van der Waals surface area (Å²) in [5, 5.41) is 6.91. The van der Waals surface area contributed by atoms with Gasteiger partial charge in [-0.15, -0.1) is 24.0 Å². The van der Waals surface area contributed by atoms with Gasteiger partial charge in [0.1, 0.15) is 5.75 Å². The lowest BCUT2D eigenvalue weighted by molar-refractivity contribution is 0.0205. The monoisotopic (exact) mass is 532 g/mol. The van der Waals surface area contributed by atoms with Gasteiger partial charge in [0.15, 0.2) is 5.96 Å².